The monoisotopic (exact) mass is 415 g/mol. The summed E-state index contributed by atoms with van der Waals surface area (Å²) in [6, 6.07) is 16.4. The molecule has 2 aliphatic heterocycles. The Morgan fingerprint density at radius 2 is 1.96 bits per heavy atom. The van der Waals surface area contributed by atoms with Gasteiger partial charge in [-0.15, -0.1) is 0 Å². The maximum absolute atomic E-state index is 5.65. The molecule has 0 spiro atoms. The number of amidine groups is 1. The van der Waals surface area contributed by atoms with Crippen LogP contribution in [0.4, 0.5) is 0 Å². The lowest BCUT2D eigenvalue weighted by Gasteiger charge is -2.33. The number of nitrogens with zero attached hydrogens (tertiary/aromatic N) is 2. The molecule has 1 N–H and O–H groups in total. The van der Waals surface area contributed by atoms with E-state index < -0.39 is 5.54 Å². The Morgan fingerprint density at radius 3 is 2.72 bits per heavy atom. The van der Waals surface area contributed by atoms with Gasteiger partial charge >= 0.3 is 0 Å². The van der Waals surface area contributed by atoms with Gasteiger partial charge in [-0.3, -0.25) is 4.99 Å². The van der Waals surface area contributed by atoms with Crippen molar-refractivity contribution in [2.24, 2.45) is 4.99 Å². The molecule has 0 aliphatic carbocycles. The Balaban J connectivity index is 1.99. The summed E-state index contributed by atoms with van der Waals surface area (Å²) in [4.78, 5) is 6.99. The van der Waals surface area contributed by atoms with Crippen molar-refractivity contribution in [2.75, 3.05) is 20.2 Å². The predicted octanol–water partition coefficient (Wildman–Crippen LogP) is 3.69. The van der Waals surface area contributed by atoms with Gasteiger partial charge in [0.2, 0.25) is 0 Å². The SMILES string of the molecule is COc1cccc([C@]2(c3cccc(Br)c3)NC(=S)N3CCCN=C32)c1. The molecule has 0 aromatic heterocycles. The predicted molar refractivity (Wildman–Crippen MR) is 107 cm³/mol. The van der Waals surface area contributed by atoms with Gasteiger partial charge < -0.3 is 15.0 Å². The van der Waals surface area contributed by atoms with E-state index in [9.17, 15) is 0 Å². The van der Waals surface area contributed by atoms with Crippen LogP contribution in [0.5, 0.6) is 5.75 Å². The van der Waals surface area contributed by atoms with E-state index >= 15 is 0 Å². The van der Waals surface area contributed by atoms with Crippen molar-refractivity contribution in [3.05, 3.63) is 64.1 Å². The molecule has 25 heavy (non-hydrogen) atoms. The molecule has 2 aromatic rings. The zero-order valence-corrected chi connectivity index (χ0v) is 16.2. The maximum Gasteiger partial charge on any atom is 0.175 e. The van der Waals surface area contributed by atoms with Crippen molar-refractivity contribution in [3.63, 3.8) is 0 Å². The number of halogens is 1. The molecule has 0 amide bonds. The van der Waals surface area contributed by atoms with Crippen LogP contribution in [-0.4, -0.2) is 36.0 Å². The highest BCUT2D eigenvalue weighted by molar-refractivity contribution is 9.10. The quantitative estimate of drug-likeness (QED) is 0.775. The standard InChI is InChI=1S/C19H18BrN3OS/c1-24-16-8-3-6-14(12-16)19(13-5-2-7-15(20)11-13)17-21-9-4-10-23(17)18(25)22-19/h2-3,5-8,11-12H,4,9-10H2,1H3,(H,22,25)/t19-/m0/s1. The third-order valence-corrected chi connectivity index (χ3v) is 5.51. The van der Waals surface area contributed by atoms with Gasteiger partial charge in [-0.05, 0) is 54.0 Å². The third kappa shape index (κ3) is 2.64. The second-order valence-electron chi connectivity index (χ2n) is 6.13. The highest BCUT2D eigenvalue weighted by Gasteiger charge is 2.50. The fraction of sp³-hybridized carbons (Fsp3) is 0.263. The number of aliphatic imine (C=N–C) groups is 1. The summed E-state index contributed by atoms with van der Waals surface area (Å²) >= 11 is 9.25. The minimum Gasteiger partial charge on any atom is -0.497 e. The summed E-state index contributed by atoms with van der Waals surface area (Å²) in [6.45, 7) is 1.71. The van der Waals surface area contributed by atoms with Crippen LogP contribution in [0.2, 0.25) is 0 Å². The number of methoxy groups -OCH3 is 1. The molecule has 2 aromatic carbocycles. The Bertz CT molecular complexity index is 869. The van der Waals surface area contributed by atoms with Crippen LogP contribution in [0.3, 0.4) is 0 Å². The summed E-state index contributed by atoms with van der Waals surface area (Å²) in [6.07, 6.45) is 1.01. The van der Waals surface area contributed by atoms with Gasteiger partial charge in [0, 0.05) is 17.6 Å². The van der Waals surface area contributed by atoms with Crippen LogP contribution < -0.4 is 10.1 Å². The van der Waals surface area contributed by atoms with E-state index in [-0.39, 0.29) is 0 Å². The number of ether oxygens (including phenoxy) is 1. The van der Waals surface area contributed by atoms with E-state index in [1.54, 1.807) is 7.11 Å². The molecule has 1 saturated heterocycles. The Kier molecular flexibility index (Phi) is 4.25. The second-order valence-corrected chi connectivity index (χ2v) is 7.44. The highest BCUT2D eigenvalue weighted by atomic mass is 79.9. The van der Waals surface area contributed by atoms with E-state index in [1.165, 1.54) is 0 Å². The van der Waals surface area contributed by atoms with Gasteiger partial charge in [-0.1, -0.05) is 40.2 Å². The second kappa shape index (κ2) is 6.42. The molecule has 4 rings (SSSR count). The minimum absolute atomic E-state index is 0.601. The topological polar surface area (TPSA) is 36.9 Å². The molecule has 6 heteroatoms. The molecule has 2 aliphatic rings. The lowest BCUT2D eigenvalue weighted by atomic mass is 9.82. The number of benzene rings is 2. The number of hydrogen-bond acceptors (Lipinski definition) is 3. The molecule has 1 atom stereocenters. The van der Waals surface area contributed by atoms with Gasteiger partial charge in [-0.2, -0.15) is 0 Å². The van der Waals surface area contributed by atoms with Crippen LogP contribution in [0, 0.1) is 0 Å². The molecule has 128 valence electrons. The molecule has 0 bridgehead atoms. The molecule has 2 heterocycles. The largest absolute Gasteiger partial charge is 0.497 e. The maximum atomic E-state index is 5.65. The lowest BCUT2D eigenvalue weighted by Crippen LogP contribution is -2.46. The van der Waals surface area contributed by atoms with Crippen molar-refractivity contribution in [3.8, 4) is 5.75 Å². The Labute approximate surface area is 161 Å². The average Bonchev–Trinajstić information content (AvgIpc) is 2.96. The van der Waals surface area contributed by atoms with Crippen molar-refractivity contribution in [2.45, 2.75) is 12.0 Å². The molecule has 4 nitrogen and oxygen atoms in total. The summed E-state index contributed by atoms with van der Waals surface area (Å²) in [7, 11) is 1.68. The van der Waals surface area contributed by atoms with Gasteiger partial charge in [0.1, 0.15) is 17.1 Å². The minimum atomic E-state index is -0.601. The number of rotatable bonds is 3. The first kappa shape index (κ1) is 16.5. The first-order chi connectivity index (χ1) is 12.1. The van der Waals surface area contributed by atoms with Crippen LogP contribution in [0.25, 0.3) is 0 Å². The van der Waals surface area contributed by atoms with Gasteiger partial charge in [-0.25, -0.2) is 0 Å². The van der Waals surface area contributed by atoms with Crippen molar-refractivity contribution in [1.82, 2.24) is 10.2 Å². The van der Waals surface area contributed by atoms with E-state index in [1.807, 2.05) is 24.3 Å². The molecule has 1 fully saturated rings. The smallest absolute Gasteiger partial charge is 0.175 e. The molecular weight excluding hydrogens is 398 g/mol. The van der Waals surface area contributed by atoms with Crippen LogP contribution >= 0.6 is 28.1 Å². The number of thiocarbonyl (C=S) groups is 1. The molecule has 0 radical (unpaired) electrons. The fourth-order valence-corrected chi connectivity index (χ4v) is 4.28. The Morgan fingerprint density at radius 1 is 1.20 bits per heavy atom. The zero-order chi connectivity index (χ0) is 17.4. The normalized spacial score (nSPS) is 22.2. The average molecular weight is 416 g/mol. The van der Waals surface area contributed by atoms with Crippen LogP contribution in [-0.2, 0) is 5.54 Å². The van der Waals surface area contributed by atoms with Crippen molar-refractivity contribution in [1.29, 1.82) is 0 Å². The summed E-state index contributed by atoms with van der Waals surface area (Å²) < 4.78 is 6.48. The Hall–Kier alpha value is -1.92. The van der Waals surface area contributed by atoms with Crippen LogP contribution in [0.15, 0.2) is 58.0 Å². The molecule has 0 unspecified atom stereocenters. The van der Waals surface area contributed by atoms with E-state index in [0.29, 0.717) is 0 Å². The first-order valence-electron chi connectivity index (χ1n) is 8.20. The van der Waals surface area contributed by atoms with Gasteiger partial charge in [0.15, 0.2) is 5.11 Å². The first-order valence-corrected chi connectivity index (χ1v) is 9.40. The number of nitrogens with one attached hydrogen (secondary N) is 1. The van der Waals surface area contributed by atoms with Crippen molar-refractivity contribution >= 4 is 39.1 Å². The van der Waals surface area contributed by atoms with Crippen molar-refractivity contribution < 1.29 is 4.74 Å². The zero-order valence-electron chi connectivity index (χ0n) is 13.8. The molecule has 0 saturated carbocycles. The molecular formula is C19H18BrN3OS. The van der Waals surface area contributed by atoms with E-state index in [0.717, 1.165) is 51.8 Å². The summed E-state index contributed by atoms with van der Waals surface area (Å²) in [5.41, 5.74) is 1.56. The summed E-state index contributed by atoms with van der Waals surface area (Å²) in [5.74, 6) is 1.78. The van der Waals surface area contributed by atoms with Crippen LogP contribution in [0.1, 0.15) is 17.5 Å². The van der Waals surface area contributed by atoms with Gasteiger partial charge in [0.05, 0.1) is 7.11 Å². The number of fused-ring (bicyclic) bond motifs is 1. The van der Waals surface area contributed by atoms with E-state index in [2.05, 4.69) is 50.4 Å². The summed E-state index contributed by atoms with van der Waals surface area (Å²) in [5, 5.41) is 4.29. The van der Waals surface area contributed by atoms with E-state index in [4.69, 9.17) is 21.9 Å². The number of hydrogen-bond donors (Lipinski definition) is 1. The van der Waals surface area contributed by atoms with Gasteiger partial charge in [0.25, 0.3) is 0 Å². The lowest BCUT2D eigenvalue weighted by molar-refractivity contribution is 0.413. The fourth-order valence-electron chi connectivity index (χ4n) is 3.55. The third-order valence-electron chi connectivity index (χ3n) is 4.69. The highest BCUT2D eigenvalue weighted by Crippen LogP contribution is 2.39.